The molecule has 90 valence electrons. The second-order valence-corrected chi connectivity index (χ2v) is 4.26. The van der Waals surface area contributed by atoms with Crippen LogP contribution in [-0.4, -0.2) is 4.98 Å². The van der Waals surface area contributed by atoms with E-state index < -0.39 is 0 Å². The van der Waals surface area contributed by atoms with Crippen molar-refractivity contribution >= 4 is 11.1 Å². The van der Waals surface area contributed by atoms with E-state index in [2.05, 4.69) is 45.7 Å². The maximum absolute atomic E-state index is 4.20. The summed E-state index contributed by atoms with van der Waals surface area (Å²) in [5, 5.41) is 2.62. The molecule has 0 spiro atoms. The van der Waals surface area contributed by atoms with E-state index in [1.54, 1.807) is 0 Å². The van der Waals surface area contributed by atoms with E-state index in [0.717, 1.165) is 0 Å². The zero-order valence-corrected chi connectivity index (χ0v) is 11.8. The van der Waals surface area contributed by atoms with Gasteiger partial charge >= 0.3 is 0 Å². The summed E-state index contributed by atoms with van der Waals surface area (Å²) in [5.41, 5.74) is 2.76. The molecule has 0 saturated carbocycles. The maximum Gasteiger partial charge on any atom is 0.0345 e. The van der Waals surface area contributed by atoms with E-state index >= 15 is 0 Å². The van der Waals surface area contributed by atoms with Gasteiger partial charge in [-0.2, -0.15) is 0 Å². The van der Waals surface area contributed by atoms with Crippen molar-refractivity contribution in [2.75, 3.05) is 0 Å². The normalized spacial score (nSPS) is 11.8. The third kappa shape index (κ3) is 3.80. The van der Waals surface area contributed by atoms with Crippen LogP contribution in [0, 0.1) is 5.92 Å². The van der Waals surface area contributed by atoms with Gasteiger partial charge in [0.15, 0.2) is 0 Å². The van der Waals surface area contributed by atoms with Crippen LogP contribution >= 0.6 is 0 Å². The van der Waals surface area contributed by atoms with Gasteiger partial charge in [0.25, 0.3) is 0 Å². The molecular formula is C15H25N. The van der Waals surface area contributed by atoms with Crippen molar-refractivity contribution in [3.05, 3.63) is 28.9 Å². The molecule has 1 heterocycles. The Hall–Kier alpha value is -1.11. The summed E-state index contributed by atoms with van der Waals surface area (Å²) >= 11 is 0. The summed E-state index contributed by atoms with van der Waals surface area (Å²) in [5.74, 6) is 0.581. The van der Waals surface area contributed by atoms with E-state index in [-0.39, 0.29) is 0 Å². The standard InChI is InChI=1S/C13H19N.C2H6/c1-9(2)11(5)13-8-14-7-6-12(13)10(3)4;1-2/h6-9H,1-5H3;1-2H3/b13-11+;. The van der Waals surface area contributed by atoms with Crippen molar-refractivity contribution in [3.8, 4) is 0 Å². The van der Waals surface area contributed by atoms with E-state index in [1.165, 1.54) is 21.6 Å². The zero-order valence-electron chi connectivity index (χ0n) is 11.8. The number of nitrogens with zero attached hydrogens (tertiary/aromatic N) is 1. The molecule has 1 heteroatoms. The molecule has 0 aromatic carbocycles. The second kappa shape index (κ2) is 7.21. The minimum Gasteiger partial charge on any atom is -0.264 e. The minimum absolute atomic E-state index is 0.581. The van der Waals surface area contributed by atoms with Crippen molar-refractivity contribution in [1.82, 2.24) is 4.98 Å². The van der Waals surface area contributed by atoms with E-state index in [1.807, 2.05) is 26.2 Å². The van der Waals surface area contributed by atoms with Gasteiger partial charge in [-0.25, -0.2) is 0 Å². The summed E-state index contributed by atoms with van der Waals surface area (Å²) in [6.45, 7) is 14.9. The fourth-order valence-electron chi connectivity index (χ4n) is 1.46. The van der Waals surface area contributed by atoms with Crippen LogP contribution in [0.1, 0.15) is 48.5 Å². The quantitative estimate of drug-likeness (QED) is 0.707. The molecule has 0 radical (unpaired) electrons. The maximum atomic E-state index is 4.20. The molecule has 16 heavy (non-hydrogen) atoms. The SMILES string of the molecule is CC.CC(C)=c1ccnc/c1=C(/C)C(C)C. The molecule has 0 unspecified atom stereocenters. The van der Waals surface area contributed by atoms with Crippen molar-refractivity contribution in [2.45, 2.75) is 48.5 Å². The summed E-state index contributed by atoms with van der Waals surface area (Å²) in [7, 11) is 0. The average molecular weight is 219 g/mol. The van der Waals surface area contributed by atoms with Crippen molar-refractivity contribution < 1.29 is 0 Å². The Kier molecular flexibility index (Phi) is 6.71. The van der Waals surface area contributed by atoms with Crippen molar-refractivity contribution in [1.29, 1.82) is 0 Å². The first-order chi connectivity index (χ1) is 7.54. The van der Waals surface area contributed by atoms with Crippen LogP contribution in [0.4, 0.5) is 0 Å². The lowest BCUT2D eigenvalue weighted by Crippen LogP contribution is -2.29. The van der Waals surface area contributed by atoms with Gasteiger partial charge in [0.2, 0.25) is 0 Å². The van der Waals surface area contributed by atoms with Gasteiger partial charge < -0.3 is 0 Å². The van der Waals surface area contributed by atoms with Gasteiger partial charge in [-0.1, -0.05) is 38.8 Å². The third-order valence-electron chi connectivity index (χ3n) is 2.65. The van der Waals surface area contributed by atoms with Crippen LogP contribution in [0.15, 0.2) is 18.5 Å². The van der Waals surface area contributed by atoms with Gasteiger partial charge in [0.1, 0.15) is 0 Å². The number of aromatic nitrogens is 1. The number of hydrogen-bond donors (Lipinski definition) is 0. The van der Waals surface area contributed by atoms with Gasteiger partial charge in [-0.15, -0.1) is 0 Å². The van der Waals surface area contributed by atoms with E-state index in [9.17, 15) is 0 Å². The highest BCUT2D eigenvalue weighted by atomic mass is 14.6. The van der Waals surface area contributed by atoms with Crippen LogP contribution in [-0.2, 0) is 0 Å². The molecule has 0 aliphatic rings. The van der Waals surface area contributed by atoms with Crippen LogP contribution < -0.4 is 10.4 Å². The molecule has 0 fully saturated rings. The molecule has 0 atom stereocenters. The first kappa shape index (κ1) is 14.9. The predicted molar refractivity (Wildman–Crippen MR) is 73.5 cm³/mol. The first-order valence-electron chi connectivity index (χ1n) is 6.12. The minimum atomic E-state index is 0.581. The van der Waals surface area contributed by atoms with E-state index in [0.29, 0.717) is 5.92 Å². The second-order valence-electron chi connectivity index (χ2n) is 4.26. The highest BCUT2D eigenvalue weighted by molar-refractivity contribution is 5.48. The summed E-state index contributed by atoms with van der Waals surface area (Å²) in [4.78, 5) is 4.20. The number of hydrogen-bond acceptors (Lipinski definition) is 1. The molecular weight excluding hydrogens is 194 g/mol. The molecule has 0 bridgehead atoms. The summed E-state index contributed by atoms with van der Waals surface area (Å²) < 4.78 is 0. The third-order valence-corrected chi connectivity index (χ3v) is 2.65. The lowest BCUT2D eigenvalue weighted by molar-refractivity contribution is 0.839. The fourth-order valence-corrected chi connectivity index (χ4v) is 1.46. The largest absolute Gasteiger partial charge is 0.264 e. The lowest BCUT2D eigenvalue weighted by atomic mass is 10.0. The van der Waals surface area contributed by atoms with Crippen LogP contribution in [0.5, 0.6) is 0 Å². The van der Waals surface area contributed by atoms with Gasteiger partial charge in [-0.05, 0) is 43.2 Å². The van der Waals surface area contributed by atoms with Gasteiger partial charge in [0.05, 0.1) is 0 Å². The highest BCUT2D eigenvalue weighted by Gasteiger charge is 1.98. The number of rotatable bonds is 1. The molecule has 0 N–H and O–H groups in total. The van der Waals surface area contributed by atoms with Gasteiger partial charge in [0, 0.05) is 12.4 Å². The molecule has 1 rings (SSSR count). The Bertz CT molecular complexity index is 423. The Labute approximate surface area is 99.9 Å². The van der Waals surface area contributed by atoms with Crippen molar-refractivity contribution in [2.24, 2.45) is 5.92 Å². The van der Waals surface area contributed by atoms with Crippen LogP contribution in [0.25, 0.3) is 11.1 Å². The van der Waals surface area contributed by atoms with Crippen molar-refractivity contribution in [3.63, 3.8) is 0 Å². The smallest absolute Gasteiger partial charge is 0.0345 e. The Morgan fingerprint density at radius 2 is 1.62 bits per heavy atom. The summed E-state index contributed by atoms with van der Waals surface area (Å²) in [6, 6.07) is 2.09. The molecule has 0 aliphatic carbocycles. The monoisotopic (exact) mass is 219 g/mol. The van der Waals surface area contributed by atoms with Gasteiger partial charge in [-0.3, -0.25) is 4.98 Å². The van der Waals surface area contributed by atoms with Crippen LogP contribution in [0.3, 0.4) is 0 Å². The molecule has 0 aliphatic heterocycles. The summed E-state index contributed by atoms with van der Waals surface area (Å²) in [6.07, 6.45) is 3.83. The fraction of sp³-hybridized carbons (Fsp3) is 0.533. The molecule has 0 amide bonds. The molecule has 0 saturated heterocycles. The Morgan fingerprint density at radius 1 is 1.06 bits per heavy atom. The average Bonchev–Trinajstić information content (AvgIpc) is 2.30. The number of pyridine rings is 1. The van der Waals surface area contributed by atoms with Crippen LogP contribution in [0.2, 0.25) is 0 Å². The lowest BCUT2D eigenvalue weighted by Gasteiger charge is -2.05. The molecule has 1 aromatic heterocycles. The topological polar surface area (TPSA) is 12.9 Å². The first-order valence-corrected chi connectivity index (χ1v) is 6.12. The Morgan fingerprint density at radius 3 is 2.06 bits per heavy atom. The molecule has 1 aromatic rings. The Balaban J connectivity index is 0.00000106. The predicted octanol–water partition coefficient (Wildman–Crippen LogP) is 3.12. The zero-order chi connectivity index (χ0) is 12.7. The highest BCUT2D eigenvalue weighted by Crippen LogP contribution is 2.05. The molecule has 1 nitrogen and oxygen atoms in total. The van der Waals surface area contributed by atoms with E-state index in [4.69, 9.17) is 0 Å².